The number of alkyl halides is 2. The van der Waals surface area contributed by atoms with Gasteiger partial charge in [-0.1, -0.05) is 12.1 Å². The smallest absolute Gasteiger partial charge is 0.272 e. The fourth-order valence-corrected chi connectivity index (χ4v) is 3.93. The maximum absolute atomic E-state index is 13.7. The molecule has 1 fully saturated rings. The molecular formula is C22H19F2N5O. The molecule has 0 saturated carbocycles. The molecule has 0 spiro atoms. The number of hydrogen-bond donors (Lipinski definition) is 0. The van der Waals surface area contributed by atoms with Crippen LogP contribution in [0.1, 0.15) is 23.3 Å². The molecule has 1 saturated heterocycles. The van der Waals surface area contributed by atoms with E-state index in [1.54, 1.807) is 23.1 Å². The zero-order chi connectivity index (χ0) is 20.9. The average Bonchev–Trinajstić information content (AvgIpc) is 3.10. The molecule has 0 aliphatic carbocycles. The van der Waals surface area contributed by atoms with Crippen molar-refractivity contribution in [2.45, 2.75) is 18.8 Å². The number of halogens is 2. The molecule has 1 aliphatic heterocycles. The van der Waals surface area contributed by atoms with Gasteiger partial charge in [0.1, 0.15) is 5.69 Å². The van der Waals surface area contributed by atoms with Crippen LogP contribution in [0.15, 0.2) is 48.9 Å². The Morgan fingerprint density at radius 2 is 1.87 bits per heavy atom. The molecule has 1 aliphatic rings. The Labute approximate surface area is 171 Å². The standard InChI is InChI=1S/C22H19F2N5O/c1-28-12-18-8-17(11-26-20(18)27-28)14-3-4-15-10-25-19(9-16(15)7-14)21(30)29-6-2-5-22(23,24)13-29/h3-4,7-12H,2,5-6,13H2,1H3. The minimum absolute atomic E-state index is 0.179. The first kappa shape index (κ1) is 18.6. The molecule has 1 amide bonds. The molecule has 0 radical (unpaired) electrons. The molecule has 1 aromatic carbocycles. The molecule has 30 heavy (non-hydrogen) atoms. The van der Waals surface area contributed by atoms with Gasteiger partial charge in [-0.2, -0.15) is 5.10 Å². The third-order valence-corrected chi connectivity index (χ3v) is 5.43. The predicted molar refractivity (Wildman–Crippen MR) is 109 cm³/mol. The molecule has 8 heteroatoms. The number of rotatable bonds is 2. The Morgan fingerprint density at radius 1 is 1.03 bits per heavy atom. The fraction of sp³-hybridized carbons (Fsp3) is 0.273. The van der Waals surface area contributed by atoms with Crippen LogP contribution < -0.4 is 0 Å². The van der Waals surface area contributed by atoms with Gasteiger partial charge in [0.2, 0.25) is 0 Å². The molecule has 0 bridgehead atoms. The number of nitrogens with zero attached hydrogens (tertiary/aromatic N) is 5. The third kappa shape index (κ3) is 3.38. The Morgan fingerprint density at radius 3 is 2.70 bits per heavy atom. The number of likely N-dealkylation sites (tertiary alicyclic amines) is 1. The predicted octanol–water partition coefficient (Wildman–Crippen LogP) is 4.05. The highest BCUT2D eigenvalue weighted by Crippen LogP contribution is 2.29. The number of hydrogen-bond acceptors (Lipinski definition) is 4. The summed E-state index contributed by atoms with van der Waals surface area (Å²) in [7, 11) is 1.85. The van der Waals surface area contributed by atoms with Crippen LogP contribution in [0.4, 0.5) is 8.78 Å². The molecule has 5 rings (SSSR count). The third-order valence-electron chi connectivity index (χ3n) is 5.43. The van der Waals surface area contributed by atoms with Gasteiger partial charge in [-0.3, -0.25) is 14.5 Å². The molecule has 0 N–H and O–H groups in total. The van der Waals surface area contributed by atoms with Crippen molar-refractivity contribution in [3.05, 3.63) is 54.6 Å². The Bertz CT molecular complexity index is 1280. The van der Waals surface area contributed by atoms with E-state index in [0.717, 1.165) is 27.3 Å². The molecule has 3 aromatic heterocycles. The van der Waals surface area contributed by atoms with E-state index in [-0.39, 0.29) is 12.1 Å². The highest BCUT2D eigenvalue weighted by molar-refractivity contribution is 5.97. The van der Waals surface area contributed by atoms with Crippen molar-refractivity contribution in [3.8, 4) is 11.1 Å². The van der Waals surface area contributed by atoms with Crippen LogP contribution in [0.5, 0.6) is 0 Å². The number of fused-ring (bicyclic) bond motifs is 2. The number of benzene rings is 1. The van der Waals surface area contributed by atoms with E-state index in [9.17, 15) is 13.6 Å². The van der Waals surface area contributed by atoms with Crippen LogP contribution in [0.25, 0.3) is 32.9 Å². The number of carbonyl (C=O) groups excluding carboxylic acids is 1. The maximum Gasteiger partial charge on any atom is 0.272 e. The lowest BCUT2D eigenvalue weighted by Gasteiger charge is -2.32. The first-order valence-corrected chi connectivity index (χ1v) is 9.75. The Hall–Kier alpha value is -3.42. The minimum Gasteiger partial charge on any atom is -0.331 e. The quantitative estimate of drug-likeness (QED) is 0.503. The van der Waals surface area contributed by atoms with E-state index >= 15 is 0 Å². The molecule has 4 aromatic rings. The molecule has 4 heterocycles. The second-order valence-electron chi connectivity index (χ2n) is 7.76. The fourth-order valence-electron chi connectivity index (χ4n) is 3.93. The molecular weight excluding hydrogens is 388 g/mol. The van der Waals surface area contributed by atoms with E-state index in [0.29, 0.717) is 18.6 Å². The van der Waals surface area contributed by atoms with Gasteiger partial charge in [-0.05, 0) is 35.6 Å². The number of piperidine rings is 1. The summed E-state index contributed by atoms with van der Waals surface area (Å²) in [6.45, 7) is -0.229. The van der Waals surface area contributed by atoms with Crippen LogP contribution in [-0.2, 0) is 7.05 Å². The van der Waals surface area contributed by atoms with Crippen LogP contribution in [-0.4, -0.2) is 49.6 Å². The summed E-state index contributed by atoms with van der Waals surface area (Å²) < 4.78 is 29.1. The van der Waals surface area contributed by atoms with Gasteiger partial charge < -0.3 is 4.90 Å². The topological polar surface area (TPSA) is 63.9 Å². The first-order chi connectivity index (χ1) is 14.4. The molecule has 152 valence electrons. The van der Waals surface area contributed by atoms with Gasteiger partial charge in [0.15, 0.2) is 5.65 Å². The van der Waals surface area contributed by atoms with Gasteiger partial charge in [-0.25, -0.2) is 13.8 Å². The van der Waals surface area contributed by atoms with E-state index in [4.69, 9.17) is 0 Å². The van der Waals surface area contributed by atoms with Crippen LogP contribution in [0, 0.1) is 0 Å². The molecule has 0 unspecified atom stereocenters. The van der Waals surface area contributed by atoms with Crippen molar-refractivity contribution in [1.82, 2.24) is 24.6 Å². The van der Waals surface area contributed by atoms with Crippen molar-refractivity contribution in [2.75, 3.05) is 13.1 Å². The SMILES string of the molecule is Cn1cc2cc(-c3ccc4cnc(C(=O)N5CCCC(F)(F)C5)cc4c3)cnc2n1. The summed E-state index contributed by atoms with van der Waals surface area (Å²) in [5.74, 6) is -3.30. The maximum atomic E-state index is 13.7. The summed E-state index contributed by atoms with van der Waals surface area (Å²) in [5, 5.41) is 6.91. The summed E-state index contributed by atoms with van der Waals surface area (Å²) in [5.41, 5.74) is 2.73. The summed E-state index contributed by atoms with van der Waals surface area (Å²) in [4.78, 5) is 22.6. The number of amides is 1. The normalized spacial score (nSPS) is 16.3. The molecule has 0 atom stereocenters. The lowest BCUT2D eigenvalue weighted by Crippen LogP contribution is -2.45. The van der Waals surface area contributed by atoms with E-state index in [2.05, 4.69) is 15.1 Å². The van der Waals surface area contributed by atoms with Gasteiger partial charge in [0, 0.05) is 54.9 Å². The summed E-state index contributed by atoms with van der Waals surface area (Å²) >= 11 is 0. The summed E-state index contributed by atoms with van der Waals surface area (Å²) in [6.07, 6.45) is 5.39. The van der Waals surface area contributed by atoms with Gasteiger partial charge in [-0.15, -0.1) is 0 Å². The second kappa shape index (κ2) is 6.83. The number of carbonyl (C=O) groups is 1. The lowest BCUT2D eigenvalue weighted by molar-refractivity contribution is -0.0561. The van der Waals surface area contributed by atoms with Crippen molar-refractivity contribution in [1.29, 1.82) is 0 Å². The van der Waals surface area contributed by atoms with E-state index in [1.165, 1.54) is 4.90 Å². The largest absolute Gasteiger partial charge is 0.331 e. The second-order valence-corrected chi connectivity index (χ2v) is 7.76. The van der Waals surface area contributed by atoms with Crippen molar-refractivity contribution >= 4 is 27.7 Å². The van der Waals surface area contributed by atoms with Gasteiger partial charge >= 0.3 is 0 Å². The van der Waals surface area contributed by atoms with Crippen LogP contribution in [0.2, 0.25) is 0 Å². The number of aryl methyl sites for hydroxylation is 1. The zero-order valence-corrected chi connectivity index (χ0v) is 16.3. The van der Waals surface area contributed by atoms with E-state index in [1.807, 2.05) is 37.5 Å². The highest BCUT2D eigenvalue weighted by Gasteiger charge is 2.37. The first-order valence-electron chi connectivity index (χ1n) is 9.75. The van der Waals surface area contributed by atoms with Crippen molar-refractivity contribution in [2.24, 2.45) is 7.05 Å². The van der Waals surface area contributed by atoms with E-state index < -0.39 is 18.4 Å². The number of aromatic nitrogens is 4. The lowest BCUT2D eigenvalue weighted by atomic mass is 10.0. The molecule has 6 nitrogen and oxygen atoms in total. The van der Waals surface area contributed by atoms with Crippen LogP contribution in [0.3, 0.4) is 0 Å². The van der Waals surface area contributed by atoms with Gasteiger partial charge in [0.05, 0.1) is 6.54 Å². The number of pyridine rings is 2. The monoisotopic (exact) mass is 407 g/mol. The Balaban J connectivity index is 1.49. The summed E-state index contributed by atoms with van der Waals surface area (Å²) in [6, 6.07) is 9.53. The minimum atomic E-state index is -2.84. The Kier molecular flexibility index (Phi) is 4.23. The van der Waals surface area contributed by atoms with Crippen molar-refractivity contribution in [3.63, 3.8) is 0 Å². The van der Waals surface area contributed by atoms with Crippen molar-refractivity contribution < 1.29 is 13.6 Å². The van der Waals surface area contributed by atoms with Crippen LogP contribution >= 0.6 is 0 Å². The zero-order valence-electron chi connectivity index (χ0n) is 16.3. The highest BCUT2D eigenvalue weighted by atomic mass is 19.3. The average molecular weight is 407 g/mol. The van der Waals surface area contributed by atoms with Gasteiger partial charge in [0.25, 0.3) is 11.8 Å².